The molecule has 0 unspecified atom stereocenters. The first-order valence-electron chi connectivity index (χ1n) is 10.2. The molecule has 1 heterocycles. The zero-order chi connectivity index (χ0) is 20.1. The number of aromatic nitrogens is 2. The van der Waals surface area contributed by atoms with Crippen molar-refractivity contribution in [3.8, 4) is 23.0 Å². The Labute approximate surface area is 171 Å². The predicted molar refractivity (Wildman–Crippen MR) is 114 cm³/mol. The lowest BCUT2D eigenvalue weighted by Gasteiger charge is -2.11. The van der Waals surface area contributed by atoms with Gasteiger partial charge in [0.05, 0.1) is 23.0 Å². The van der Waals surface area contributed by atoms with Crippen molar-refractivity contribution >= 4 is 11.7 Å². The first-order valence-corrected chi connectivity index (χ1v) is 10.2. The Kier molecular flexibility index (Phi) is 5.71. The Bertz CT molecular complexity index is 1010. The Morgan fingerprint density at radius 1 is 1.10 bits per heavy atom. The maximum Gasteiger partial charge on any atom is 0.225 e. The molecule has 3 aromatic rings. The molecular weight excluding hydrogens is 360 g/mol. The number of carbonyl (C=O) groups is 1. The summed E-state index contributed by atoms with van der Waals surface area (Å²) in [5.74, 6) is 1.35. The zero-order valence-electron chi connectivity index (χ0n) is 16.3. The lowest BCUT2D eigenvalue weighted by Crippen LogP contribution is -2.15. The van der Waals surface area contributed by atoms with Crippen LogP contribution in [0, 0.1) is 17.2 Å². The SMILES string of the molecule is N#Cc1ccc(-n2nc(-c3ccccc3)cc2NC(=O)CCC2CCCC2)cc1. The lowest BCUT2D eigenvalue weighted by molar-refractivity contribution is -0.116. The fourth-order valence-electron chi connectivity index (χ4n) is 3.93. The van der Waals surface area contributed by atoms with Crippen molar-refractivity contribution in [3.63, 3.8) is 0 Å². The summed E-state index contributed by atoms with van der Waals surface area (Å²) >= 11 is 0. The van der Waals surface area contributed by atoms with Crippen LogP contribution in [0.3, 0.4) is 0 Å². The van der Waals surface area contributed by atoms with E-state index in [1.54, 1.807) is 16.8 Å². The van der Waals surface area contributed by atoms with Gasteiger partial charge >= 0.3 is 0 Å². The van der Waals surface area contributed by atoms with Crippen molar-refractivity contribution < 1.29 is 4.79 Å². The number of nitrogens with one attached hydrogen (secondary N) is 1. The molecule has 1 amide bonds. The normalized spacial score (nSPS) is 13.9. The van der Waals surface area contributed by atoms with E-state index in [9.17, 15) is 4.79 Å². The standard InChI is InChI=1S/C24H24N4O/c25-17-19-10-13-21(14-11-19)28-23(16-22(27-28)20-8-2-1-3-9-20)26-24(29)15-12-18-6-4-5-7-18/h1-3,8-11,13-14,16,18H,4-7,12,15H2,(H,26,29). The summed E-state index contributed by atoms with van der Waals surface area (Å²) in [4.78, 5) is 12.6. The van der Waals surface area contributed by atoms with Gasteiger partial charge in [-0.15, -0.1) is 0 Å². The quantitative estimate of drug-likeness (QED) is 0.625. The van der Waals surface area contributed by atoms with Gasteiger partial charge in [0, 0.05) is 18.1 Å². The van der Waals surface area contributed by atoms with Crippen LogP contribution in [-0.4, -0.2) is 15.7 Å². The van der Waals surface area contributed by atoms with E-state index < -0.39 is 0 Å². The highest BCUT2D eigenvalue weighted by molar-refractivity contribution is 5.90. The molecule has 1 N–H and O–H groups in total. The van der Waals surface area contributed by atoms with Crippen LogP contribution in [0.5, 0.6) is 0 Å². The third-order valence-electron chi connectivity index (χ3n) is 5.54. The molecule has 5 nitrogen and oxygen atoms in total. The van der Waals surface area contributed by atoms with Gasteiger partial charge in [0.1, 0.15) is 5.82 Å². The summed E-state index contributed by atoms with van der Waals surface area (Å²) < 4.78 is 1.73. The molecule has 1 aliphatic carbocycles. The summed E-state index contributed by atoms with van der Waals surface area (Å²) in [6, 6.07) is 21.1. The summed E-state index contributed by atoms with van der Waals surface area (Å²) in [5.41, 5.74) is 3.17. The van der Waals surface area contributed by atoms with Gasteiger partial charge in [-0.05, 0) is 36.6 Å². The molecule has 2 aromatic carbocycles. The van der Waals surface area contributed by atoms with Crippen molar-refractivity contribution in [1.82, 2.24) is 9.78 Å². The van der Waals surface area contributed by atoms with Gasteiger partial charge in [-0.2, -0.15) is 10.4 Å². The van der Waals surface area contributed by atoms with Crippen LogP contribution in [0.25, 0.3) is 16.9 Å². The minimum atomic E-state index is 0.0197. The number of nitrogens with zero attached hydrogens (tertiary/aromatic N) is 3. The van der Waals surface area contributed by atoms with Crippen LogP contribution < -0.4 is 5.32 Å². The number of anilines is 1. The molecule has 1 aliphatic rings. The molecule has 0 aliphatic heterocycles. The van der Waals surface area contributed by atoms with E-state index in [2.05, 4.69) is 11.4 Å². The molecule has 1 saturated carbocycles. The van der Waals surface area contributed by atoms with Crippen molar-refractivity contribution in [3.05, 3.63) is 66.2 Å². The largest absolute Gasteiger partial charge is 0.311 e. The first kappa shape index (κ1) is 18.9. The van der Waals surface area contributed by atoms with Crippen molar-refractivity contribution in [2.75, 3.05) is 5.32 Å². The zero-order valence-corrected chi connectivity index (χ0v) is 16.3. The van der Waals surface area contributed by atoms with Gasteiger partial charge in [-0.3, -0.25) is 4.79 Å². The summed E-state index contributed by atoms with van der Waals surface area (Å²) in [7, 11) is 0. The number of hydrogen-bond donors (Lipinski definition) is 1. The van der Waals surface area contributed by atoms with E-state index in [0.29, 0.717) is 23.7 Å². The number of carbonyl (C=O) groups excluding carboxylic acids is 1. The van der Waals surface area contributed by atoms with E-state index >= 15 is 0 Å². The smallest absolute Gasteiger partial charge is 0.225 e. The third-order valence-corrected chi connectivity index (χ3v) is 5.54. The number of hydrogen-bond acceptors (Lipinski definition) is 3. The van der Waals surface area contributed by atoms with E-state index in [-0.39, 0.29) is 5.91 Å². The third kappa shape index (κ3) is 4.55. The molecular formula is C24H24N4O. The molecule has 5 heteroatoms. The maximum atomic E-state index is 12.6. The second kappa shape index (κ2) is 8.74. The topological polar surface area (TPSA) is 70.7 Å². The molecule has 146 valence electrons. The van der Waals surface area contributed by atoms with Gasteiger partial charge in [0.25, 0.3) is 0 Å². The number of nitriles is 1. The highest BCUT2D eigenvalue weighted by Crippen LogP contribution is 2.29. The fraction of sp³-hybridized carbons (Fsp3) is 0.292. The highest BCUT2D eigenvalue weighted by Gasteiger charge is 2.18. The first-order chi connectivity index (χ1) is 14.2. The van der Waals surface area contributed by atoms with Crippen molar-refractivity contribution in [2.45, 2.75) is 38.5 Å². The van der Waals surface area contributed by atoms with Gasteiger partial charge < -0.3 is 5.32 Å². The Morgan fingerprint density at radius 3 is 2.52 bits per heavy atom. The molecule has 0 saturated heterocycles. The monoisotopic (exact) mass is 384 g/mol. The van der Waals surface area contributed by atoms with Crippen LogP contribution >= 0.6 is 0 Å². The average Bonchev–Trinajstić information content (AvgIpc) is 3.43. The number of benzene rings is 2. The van der Waals surface area contributed by atoms with Gasteiger partial charge in [0.2, 0.25) is 5.91 Å². The molecule has 0 spiro atoms. The molecule has 1 aromatic heterocycles. The van der Waals surface area contributed by atoms with Gasteiger partial charge in [-0.25, -0.2) is 4.68 Å². The maximum absolute atomic E-state index is 12.6. The van der Waals surface area contributed by atoms with E-state index in [1.807, 2.05) is 48.5 Å². The molecule has 4 rings (SSSR count). The summed E-state index contributed by atoms with van der Waals surface area (Å²) in [5, 5.41) is 16.8. The average molecular weight is 384 g/mol. The van der Waals surface area contributed by atoms with Crippen molar-refractivity contribution in [2.24, 2.45) is 5.92 Å². The molecule has 0 bridgehead atoms. The van der Waals surface area contributed by atoms with Gasteiger partial charge in [0.15, 0.2) is 0 Å². The van der Waals surface area contributed by atoms with Crippen LogP contribution in [-0.2, 0) is 4.79 Å². The summed E-state index contributed by atoms with van der Waals surface area (Å²) in [6.07, 6.45) is 6.55. The minimum absolute atomic E-state index is 0.0197. The number of rotatable bonds is 6. The Morgan fingerprint density at radius 2 is 1.83 bits per heavy atom. The second-order valence-corrected chi connectivity index (χ2v) is 7.59. The molecule has 0 radical (unpaired) electrons. The van der Waals surface area contributed by atoms with Crippen LogP contribution in [0.15, 0.2) is 60.7 Å². The Balaban J connectivity index is 1.58. The Hall–Kier alpha value is -3.39. The predicted octanol–water partition coefficient (Wildman–Crippen LogP) is 5.32. The van der Waals surface area contributed by atoms with E-state index in [1.165, 1.54) is 25.7 Å². The lowest BCUT2D eigenvalue weighted by atomic mass is 10.0. The highest BCUT2D eigenvalue weighted by atomic mass is 16.1. The summed E-state index contributed by atoms with van der Waals surface area (Å²) in [6.45, 7) is 0. The molecule has 1 fully saturated rings. The van der Waals surface area contributed by atoms with E-state index in [4.69, 9.17) is 10.4 Å². The van der Waals surface area contributed by atoms with Crippen LogP contribution in [0.1, 0.15) is 44.1 Å². The second-order valence-electron chi connectivity index (χ2n) is 7.59. The molecule has 29 heavy (non-hydrogen) atoms. The van der Waals surface area contributed by atoms with Crippen LogP contribution in [0.4, 0.5) is 5.82 Å². The fourth-order valence-corrected chi connectivity index (χ4v) is 3.93. The van der Waals surface area contributed by atoms with E-state index in [0.717, 1.165) is 23.4 Å². The van der Waals surface area contributed by atoms with Gasteiger partial charge in [-0.1, -0.05) is 56.0 Å². The minimum Gasteiger partial charge on any atom is -0.311 e. The van der Waals surface area contributed by atoms with Crippen molar-refractivity contribution in [1.29, 1.82) is 5.26 Å². The molecule has 0 atom stereocenters. The van der Waals surface area contributed by atoms with Crippen LogP contribution in [0.2, 0.25) is 0 Å². The number of amides is 1.